The van der Waals surface area contributed by atoms with Gasteiger partial charge in [-0.1, -0.05) is 18.2 Å². The summed E-state index contributed by atoms with van der Waals surface area (Å²) >= 11 is 0. The summed E-state index contributed by atoms with van der Waals surface area (Å²) in [6.45, 7) is 5.20. The molecule has 0 aliphatic rings. The zero-order valence-electron chi connectivity index (χ0n) is 10.0. The third kappa shape index (κ3) is 3.84. The Hall–Kier alpha value is -1.39. The molecule has 1 aromatic carbocycles. The van der Waals surface area contributed by atoms with E-state index in [1.54, 1.807) is 24.3 Å². The number of ether oxygens (including phenoxy) is 1. The Morgan fingerprint density at radius 2 is 2.29 bits per heavy atom. The Bertz CT molecular complexity index is 368. The van der Waals surface area contributed by atoms with Crippen molar-refractivity contribution in [3.05, 3.63) is 42.2 Å². The first kappa shape index (κ1) is 13.7. The summed E-state index contributed by atoms with van der Waals surface area (Å²) in [5.41, 5.74) is 0.555. The Morgan fingerprint density at radius 3 is 2.88 bits per heavy atom. The second-order valence-corrected chi connectivity index (χ2v) is 3.68. The summed E-state index contributed by atoms with van der Waals surface area (Å²) in [6, 6.07) is 5.05. The van der Waals surface area contributed by atoms with Crippen molar-refractivity contribution >= 4 is 0 Å². The fourth-order valence-corrected chi connectivity index (χ4v) is 1.64. The van der Waals surface area contributed by atoms with Crippen LogP contribution in [0.25, 0.3) is 0 Å². The Kier molecular flexibility index (Phi) is 5.66. The fraction of sp³-hybridized carbons (Fsp3) is 0.385. The Morgan fingerprint density at radius 1 is 1.53 bits per heavy atom. The number of rotatable bonds is 7. The van der Waals surface area contributed by atoms with Gasteiger partial charge in [0.05, 0.1) is 13.7 Å². The quantitative estimate of drug-likeness (QED) is 0.737. The van der Waals surface area contributed by atoms with E-state index in [0.29, 0.717) is 25.2 Å². The van der Waals surface area contributed by atoms with Crippen molar-refractivity contribution in [1.29, 1.82) is 0 Å². The van der Waals surface area contributed by atoms with Gasteiger partial charge in [0.15, 0.2) is 11.6 Å². The van der Waals surface area contributed by atoms with E-state index in [-0.39, 0.29) is 18.2 Å². The number of hydrogen-bond donors (Lipinski definition) is 1. The predicted octanol–water partition coefficient (Wildman–Crippen LogP) is 1.81. The zero-order valence-corrected chi connectivity index (χ0v) is 10.0. The van der Waals surface area contributed by atoms with Gasteiger partial charge in [-0.05, 0) is 6.07 Å². The Balaban J connectivity index is 2.81. The predicted molar refractivity (Wildman–Crippen MR) is 65.5 cm³/mol. The maximum Gasteiger partial charge on any atom is 0.169 e. The molecule has 17 heavy (non-hydrogen) atoms. The van der Waals surface area contributed by atoms with Gasteiger partial charge in [0.1, 0.15) is 0 Å². The molecule has 0 unspecified atom stereocenters. The van der Waals surface area contributed by atoms with E-state index in [9.17, 15) is 4.39 Å². The summed E-state index contributed by atoms with van der Waals surface area (Å²) in [7, 11) is 1.44. The molecule has 0 saturated heterocycles. The molecule has 0 atom stereocenters. The van der Waals surface area contributed by atoms with Crippen LogP contribution in [0.1, 0.15) is 5.56 Å². The second kappa shape index (κ2) is 7.04. The van der Waals surface area contributed by atoms with Crippen molar-refractivity contribution in [2.45, 2.75) is 6.54 Å². The molecule has 0 fully saturated rings. The highest BCUT2D eigenvalue weighted by atomic mass is 19.1. The fourth-order valence-electron chi connectivity index (χ4n) is 1.64. The number of aliphatic hydroxyl groups is 1. The molecule has 0 aromatic heterocycles. The number of hydrogen-bond acceptors (Lipinski definition) is 3. The summed E-state index contributed by atoms with van der Waals surface area (Å²) in [5, 5.41) is 8.92. The normalized spacial score (nSPS) is 10.6. The highest BCUT2D eigenvalue weighted by Crippen LogP contribution is 2.21. The molecule has 1 rings (SSSR count). The van der Waals surface area contributed by atoms with Crippen LogP contribution in [0.15, 0.2) is 30.9 Å². The van der Waals surface area contributed by atoms with Crippen LogP contribution in [-0.4, -0.2) is 36.8 Å². The summed E-state index contributed by atoms with van der Waals surface area (Å²) in [5.74, 6) is -0.105. The first-order chi connectivity index (χ1) is 8.22. The number of aliphatic hydroxyl groups excluding tert-OH is 1. The second-order valence-electron chi connectivity index (χ2n) is 3.68. The van der Waals surface area contributed by atoms with Gasteiger partial charge in [-0.25, -0.2) is 4.39 Å². The Labute approximate surface area is 101 Å². The number of halogens is 1. The molecule has 94 valence electrons. The molecule has 0 spiro atoms. The van der Waals surface area contributed by atoms with Gasteiger partial charge in [0.25, 0.3) is 0 Å². The lowest BCUT2D eigenvalue weighted by Crippen LogP contribution is -2.27. The molecule has 3 nitrogen and oxygen atoms in total. The lowest BCUT2D eigenvalue weighted by molar-refractivity contribution is 0.201. The average Bonchev–Trinajstić information content (AvgIpc) is 2.32. The minimum atomic E-state index is -0.345. The first-order valence-corrected chi connectivity index (χ1v) is 5.48. The smallest absolute Gasteiger partial charge is 0.169 e. The monoisotopic (exact) mass is 239 g/mol. The number of nitrogens with zero attached hydrogens (tertiary/aromatic N) is 1. The van der Waals surface area contributed by atoms with Gasteiger partial charge in [-0.15, -0.1) is 6.58 Å². The third-order valence-electron chi connectivity index (χ3n) is 2.46. The van der Waals surface area contributed by atoms with Crippen LogP contribution in [0.2, 0.25) is 0 Å². The molecule has 0 radical (unpaired) electrons. The molecule has 0 aliphatic carbocycles. The van der Waals surface area contributed by atoms with Gasteiger partial charge in [0.2, 0.25) is 0 Å². The lowest BCUT2D eigenvalue weighted by atomic mass is 10.2. The van der Waals surface area contributed by atoms with E-state index in [0.717, 1.165) is 0 Å². The van der Waals surface area contributed by atoms with Crippen LogP contribution in [0.4, 0.5) is 4.39 Å². The lowest BCUT2D eigenvalue weighted by Gasteiger charge is -2.20. The van der Waals surface area contributed by atoms with Crippen LogP contribution >= 0.6 is 0 Å². The van der Waals surface area contributed by atoms with Crippen molar-refractivity contribution in [3.63, 3.8) is 0 Å². The maximum atomic E-state index is 13.9. The number of benzene rings is 1. The minimum Gasteiger partial charge on any atom is -0.494 e. The van der Waals surface area contributed by atoms with E-state index in [4.69, 9.17) is 9.84 Å². The van der Waals surface area contributed by atoms with E-state index in [1.165, 1.54) is 7.11 Å². The van der Waals surface area contributed by atoms with E-state index < -0.39 is 0 Å². The molecular weight excluding hydrogens is 221 g/mol. The standard InChI is InChI=1S/C13H18FNO2/c1-3-7-15(8-9-16)10-11-5-4-6-12(17-2)13(11)14/h3-6,16H,1,7-10H2,2H3. The molecule has 0 heterocycles. The van der Waals surface area contributed by atoms with Crippen LogP contribution in [0.3, 0.4) is 0 Å². The molecule has 0 saturated carbocycles. The zero-order chi connectivity index (χ0) is 12.7. The summed E-state index contributed by atoms with van der Waals surface area (Å²) in [4.78, 5) is 1.91. The van der Waals surface area contributed by atoms with Crippen molar-refractivity contribution in [2.24, 2.45) is 0 Å². The van der Waals surface area contributed by atoms with E-state index >= 15 is 0 Å². The van der Waals surface area contributed by atoms with Gasteiger partial charge in [-0.3, -0.25) is 4.90 Å². The highest BCUT2D eigenvalue weighted by molar-refractivity contribution is 5.31. The van der Waals surface area contributed by atoms with E-state index in [1.807, 2.05) is 4.90 Å². The maximum absolute atomic E-state index is 13.9. The van der Waals surface area contributed by atoms with Gasteiger partial charge in [0, 0.05) is 25.2 Å². The van der Waals surface area contributed by atoms with Crippen LogP contribution in [-0.2, 0) is 6.54 Å². The number of methoxy groups -OCH3 is 1. The molecule has 1 aromatic rings. The topological polar surface area (TPSA) is 32.7 Å². The van der Waals surface area contributed by atoms with Gasteiger partial charge >= 0.3 is 0 Å². The largest absolute Gasteiger partial charge is 0.494 e. The van der Waals surface area contributed by atoms with Crippen molar-refractivity contribution in [1.82, 2.24) is 4.90 Å². The van der Waals surface area contributed by atoms with E-state index in [2.05, 4.69) is 6.58 Å². The van der Waals surface area contributed by atoms with Crippen molar-refractivity contribution < 1.29 is 14.2 Å². The molecule has 0 amide bonds. The summed E-state index contributed by atoms with van der Waals surface area (Å²) in [6.07, 6.45) is 1.73. The van der Waals surface area contributed by atoms with Crippen molar-refractivity contribution in [2.75, 3.05) is 26.8 Å². The molecule has 0 bridgehead atoms. The molecule has 1 N–H and O–H groups in total. The average molecular weight is 239 g/mol. The van der Waals surface area contributed by atoms with Crippen LogP contribution < -0.4 is 4.74 Å². The third-order valence-corrected chi connectivity index (χ3v) is 2.46. The molecule has 0 aliphatic heterocycles. The molecule has 4 heteroatoms. The molecular formula is C13H18FNO2. The van der Waals surface area contributed by atoms with Gasteiger partial charge < -0.3 is 9.84 Å². The first-order valence-electron chi connectivity index (χ1n) is 5.48. The van der Waals surface area contributed by atoms with Crippen LogP contribution in [0, 0.1) is 5.82 Å². The summed E-state index contributed by atoms with van der Waals surface area (Å²) < 4.78 is 18.8. The highest BCUT2D eigenvalue weighted by Gasteiger charge is 2.11. The van der Waals surface area contributed by atoms with Crippen LogP contribution in [0.5, 0.6) is 5.75 Å². The SMILES string of the molecule is C=CCN(CCO)Cc1cccc(OC)c1F. The minimum absolute atomic E-state index is 0.0411. The van der Waals surface area contributed by atoms with Gasteiger partial charge in [-0.2, -0.15) is 0 Å². The van der Waals surface area contributed by atoms with Crippen molar-refractivity contribution in [3.8, 4) is 5.75 Å².